The summed E-state index contributed by atoms with van der Waals surface area (Å²) in [5.74, 6) is -2.46. The number of Topliss-reactive ketones (excluding diaryl/α,β-unsaturated/α-hetero) is 2. The Morgan fingerprint density at radius 2 is 1.84 bits per heavy atom. The first kappa shape index (κ1) is 31.2. The van der Waals surface area contributed by atoms with E-state index in [9.17, 15) is 27.6 Å². The number of aromatic nitrogens is 1. The van der Waals surface area contributed by atoms with E-state index < -0.39 is 44.0 Å². The third kappa shape index (κ3) is 4.46. The van der Waals surface area contributed by atoms with Crippen molar-refractivity contribution in [1.29, 1.82) is 0 Å². The second kappa shape index (κ2) is 9.84. The fourth-order valence-electron chi connectivity index (χ4n) is 9.03. The average molecular weight is 628 g/mol. The van der Waals surface area contributed by atoms with Crippen LogP contribution in [0.3, 0.4) is 0 Å². The van der Waals surface area contributed by atoms with Crippen molar-refractivity contribution in [2.75, 3.05) is 6.54 Å². The number of hydrogen-bond acceptors (Lipinski definition) is 8. The molecule has 0 unspecified atom stereocenters. The molecular weight excluding hydrogens is 582 g/mol. The van der Waals surface area contributed by atoms with Gasteiger partial charge in [0.2, 0.25) is 21.8 Å². The van der Waals surface area contributed by atoms with E-state index in [1.54, 1.807) is 11.0 Å². The van der Waals surface area contributed by atoms with Gasteiger partial charge in [0.25, 0.3) is 0 Å². The molecule has 2 heterocycles. The van der Waals surface area contributed by atoms with E-state index in [-0.39, 0.29) is 58.2 Å². The SMILES string of the molecule is C=C[C@@H]1C[C@]1(CC(=O)[C@@H]1C[C@@]2(CN1C(=O)[C@@H](CC(=O)c1cocn1)C(C)(C)C)C(C)(C)C21CCC1)C(=O)NS(=O)(=O)C1CC1. The zero-order chi connectivity index (χ0) is 32.1. The predicted molar refractivity (Wildman–Crippen MR) is 161 cm³/mol. The van der Waals surface area contributed by atoms with Crippen LogP contribution in [-0.2, 0) is 24.4 Å². The molecule has 5 aliphatic rings. The number of carbonyl (C=O) groups is 4. The molecule has 4 saturated carbocycles. The average Bonchev–Trinajstić information content (AvgIpc) is 3.83. The topological polar surface area (TPSA) is 144 Å². The summed E-state index contributed by atoms with van der Waals surface area (Å²) in [6.45, 7) is 14.5. The highest BCUT2D eigenvalue weighted by Gasteiger charge is 2.85. The van der Waals surface area contributed by atoms with Gasteiger partial charge in [-0.15, -0.1) is 6.58 Å². The van der Waals surface area contributed by atoms with E-state index in [4.69, 9.17) is 4.42 Å². The maximum absolute atomic E-state index is 14.6. The molecule has 5 atom stereocenters. The first-order valence-electron chi connectivity index (χ1n) is 15.9. The van der Waals surface area contributed by atoms with Gasteiger partial charge in [-0.25, -0.2) is 13.4 Å². The van der Waals surface area contributed by atoms with Gasteiger partial charge in [0, 0.05) is 24.8 Å². The number of nitrogens with zero attached hydrogens (tertiary/aromatic N) is 2. The molecule has 2 amide bonds. The molecule has 0 bridgehead atoms. The summed E-state index contributed by atoms with van der Waals surface area (Å²) in [5, 5.41) is -0.562. The second-order valence-electron chi connectivity index (χ2n) is 15.8. The minimum Gasteiger partial charge on any atom is -0.451 e. The highest BCUT2D eigenvalue weighted by atomic mass is 32.2. The molecule has 5 fully saturated rings. The van der Waals surface area contributed by atoms with Gasteiger partial charge in [-0.2, -0.15) is 0 Å². The highest BCUT2D eigenvalue weighted by molar-refractivity contribution is 7.90. The van der Waals surface area contributed by atoms with Crippen LogP contribution in [-0.4, -0.2) is 59.5 Å². The molecule has 44 heavy (non-hydrogen) atoms. The van der Waals surface area contributed by atoms with Crippen LogP contribution in [0.5, 0.6) is 0 Å². The van der Waals surface area contributed by atoms with Crippen LogP contribution in [0.25, 0.3) is 0 Å². The van der Waals surface area contributed by atoms with Crippen molar-refractivity contribution in [3.63, 3.8) is 0 Å². The van der Waals surface area contributed by atoms with Crippen molar-refractivity contribution in [3.05, 3.63) is 31.0 Å². The van der Waals surface area contributed by atoms with Crippen molar-refractivity contribution >= 4 is 33.4 Å². The largest absolute Gasteiger partial charge is 0.451 e. The molecule has 2 spiro atoms. The highest BCUT2D eigenvalue weighted by Crippen LogP contribution is 2.88. The fraction of sp³-hybridized carbons (Fsp3) is 0.727. The van der Waals surface area contributed by atoms with Crippen molar-refractivity contribution < 1.29 is 32.0 Å². The van der Waals surface area contributed by atoms with E-state index in [0.717, 1.165) is 19.3 Å². The first-order chi connectivity index (χ1) is 20.5. The Hall–Kier alpha value is -2.82. The van der Waals surface area contributed by atoms with Gasteiger partial charge in [-0.1, -0.05) is 47.1 Å². The number of ketones is 2. The van der Waals surface area contributed by atoms with Crippen molar-refractivity contribution in [1.82, 2.24) is 14.6 Å². The molecule has 0 radical (unpaired) electrons. The van der Waals surface area contributed by atoms with Crippen LogP contribution in [0, 0.1) is 38.9 Å². The molecule has 1 N–H and O–H groups in total. The van der Waals surface area contributed by atoms with E-state index in [1.165, 1.54) is 12.7 Å². The van der Waals surface area contributed by atoms with Crippen LogP contribution in [0.1, 0.15) is 103 Å². The quantitative estimate of drug-likeness (QED) is 0.280. The number of sulfonamides is 1. The molecular formula is C33H45N3O7S. The molecule has 1 aromatic rings. The third-order valence-electron chi connectivity index (χ3n) is 12.5. The van der Waals surface area contributed by atoms with Gasteiger partial charge < -0.3 is 9.32 Å². The number of rotatable bonds is 11. The number of carbonyl (C=O) groups excluding carboxylic acids is 4. The summed E-state index contributed by atoms with van der Waals surface area (Å²) in [6, 6.07) is -0.760. The van der Waals surface area contributed by atoms with Crippen molar-refractivity contribution in [3.8, 4) is 0 Å². The van der Waals surface area contributed by atoms with Gasteiger partial charge >= 0.3 is 0 Å². The van der Waals surface area contributed by atoms with Gasteiger partial charge in [-0.3, -0.25) is 23.9 Å². The maximum Gasteiger partial charge on any atom is 0.240 e. The van der Waals surface area contributed by atoms with Gasteiger partial charge in [0.15, 0.2) is 18.0 Å². The lowest BCUT2D eigenvalue weighted by atomic mass is 9.73. The van der Waals surface area contributed by atoms with E-state index >= 15 is 0 Å². The van der Waals surface area contributed by atoms with Crippen molar-refractivity contribution in [2.45, 2.75) is 104 Å². The lowest BCUT2D eigenvalue weighted by Crippen LogP contribution is -2.48. The smallest absolute Gasteiger partial charge is 0.240 e. The zero-order valence-electron chi connectivity index (χ0n) is 26.5. The molecule has 0 aromatic carbocycles. The van der Waals surface area contributed by atoms with Crippen LogP contribution in [0.15, 0.2) is 29.7 Å². The molecule has 1 saturated heterocycles. The van der Waals surface area contributed by atoms with Crippen LogP contribution >= 0.6 is 0 Å². The van der Waals surface area contributed by atoms with Gasteiger partial charge in [0.05, 0.1) is 22.6 Å². The lowest BCUT2D eigenvalue weighted by molar-refractivity contribution is -0.144. The van der Waals surface area contributed by atoms with Gasteiger partial charge in [-0.05, 0) is 60.7 Å². The number of likely N-dealkylation sites (tertiary alicyclic amines) is 1. The fourth-order valence-corrected chi connectivity index (χ4v) is 10.4. The molecule has 4 aliphatic carbocycles. The summed E-state index contributed by atoms with van der Waals surface area (Å²) < 4.78 is 32.5. The van der Waals surface area contributed by atoms with Crippen LogP contribution < -0.4 is 4.72 Å². The number of fused-ring (bicyclic) bond motifs is 1. The predicted octanol–water partition coefficient (Wildman–Crippen LogP) is 4.47. The summed E-state index contributed by atoms with van der Waals surface area (Å²) in [5.41, 5.74) is -1.83. The standard InChI is InChI=1S/C33H45N3O7S/c1-7-20-14-31(20,28(40)35-44(41,42)21-9-10-21)16-26(38)24-15-33(30(5,6)32(33)11-8-12-32)18-36(24)27(39)22(29(2,3)4)13-25(37)23-17-43-19-34-23/h7,17,19-22,24H,1,8-16,18H2,2-6H3,(H,35,40)/t20-,22-,24+,31-,33-/m1/s1. The summed E-state index contributed by atoms with van der Waals surface area (Å²) in [6.07, 6.45) is 8.96. The molecule has 240 valence electrons. The number of allylic oxidation sites excluding steroid dienone is 1. The monoisotopic (exact) mass is 627 g/mol. The summed E-state index contributed by atoms with van der Waals surface area (Å²) in [7, 11) is -3.79. The maximum atomic E-state index is 14.6. The Morgan fingerprint density at radius 3 is 2.32 bits per heavy atom. The summed E-state index contributed by atoms with van der Waals surface area (Å²) >= 11 is 0. The van der Waals surface area contributed by atoms with E-state index in [0.29, 0.717) is 32.2 Å². The minimum absolute atomic E-state index is 0.0593. The number of nitrogens with one attached hydrogen (secondary N) is 1. The molecule has 11 heteroatoms. The Balaban J connectivity index is 1.30. The zero-order valence-corrected chi connectivity index (χ0v) is 27.3. The Kier molecular flexibility index (Phi) is 6.97. The molecule has 1 aromatic heterocycles. The second-order valence-corrected chi connectivity index (χ2v) is 17.7. The Morgan fingerprint density at radius 1 is 1.16 bits per heavy atom. The normalized spacial score (nSPS) is 32.2. The summed E-state index contributed by atoms with van der Waals surface area (Å²) in [4.78, 5) is 61.2. The molecule has 10 nitrogen and oxygen atoms in total. The van der Waals surface area contributed by atoms with Crippen molar-refractivity contribution in [2.24, 2.45) is 38.9 Å². The number of hydrogen-bond donors (Lipinski definition) is 1. The lowest BCUT2D eigenvalue weighted by Gasteiger charge is -2.35. The van der Waals surface area contributed by atoms with E-state index in [2.05, 4.69) is 30.1 Å². The van der Waals surface area contributed by atoms with Crippen LogP contribution in [0.4, 0.5) is 0 Å². The Labute approximate surface area is 259 Å². The van der Waals surface area contributed by atoms with Crippen LogP contribution in [0.2, 0.25) is 0 Å². The molecule has 6 rings (SSSR count). The Bertz CT molecular complexity index is 1520. The third-order valence-corrected chi connectivity index (χ3v) is 14.3. The minimum atomic E-state index is -3.79. The first-order valence-corrected chi connectivity index (χ1v) is 17.4. The van der Waals surface area contributed by atoms with Gasteiger partial charge in [0.1, 0.15) is 12.0 Å². The number of oxazole rings is 1. The number of amides is 2. The molecule has 1 aliphatic heterocycles. The van der Waals surface area contributed by atoms with E-state index in [1.807, 2.05) is 20.8 Å².